The maximum atomic E-state index is 14.6. The van der Waals surface area contributed by atoms with Crippen molar-refractivity contribution in [3.63, 3.8) is 0 Å². The molecule has 2 aliphatic heterocycles. The molecule has 0 aliphatic carbocycles. The number of nitrogens with zero attached hydrogens (tertiary/aromatic N) is 3. The molecule has 0 atom stereocenters. The summed E-state index contributed by atoms with van der Waals surface area (Å²) in [7, 11) is -4.18. The predicted octanol–water partition coefficient (Wildman–Crippen LogP) is 3.11. The molecule has 0 radical (unpaired) electrons. The van der Waals surface area contributed by atoms with E-state index in [1.54, 1.807) is 0 Å². The van der Waals surface area contributed by atoms with Gasteiger partial charge in [0, 0.05) is 18.3 Å². The lowest BCUT2D eigenvalue weighted by Crippen LogP contribution is -2.44. The van der Waals surface area contributed by atoms with Crippen molar-refractivity contribution in [2.45, 2.75) is 36.1 Å². The molecule has 150 valence electrons. The molecule has 7 nitrogen and oxygen atoms in total. The lowest BCUT2D eigenvalue weighted by molar-refractivity contribution is 0.209. The normalized spacial score (nSPS) is 18.8. The van der Waals surface area contributed by atoms with Gasteiger partial charge in [-0.15, -0.1) is 5.10 Å². The van der Waals surface area contributed by atoms with Gasteiger partial charge in [-0.05, 0) is 63.0 Å². The molecule has 4 rings (SSSR count). The number of rotatable bonds is 6. The van der Waals surface area contributed by atoms with E-state index < -0.39 is 20.7 Å². The Labute approximate surface area is 168 Å². The molecule has 0 unspecified atom stereocenters. The van der Waals surface area contributed by atoms with Crippen LogP contribution in [-0.2, 0) is 10.0 Å². The highest BCUT2D eigenvalue weighted by molar-refractivity contribution is 7.92. The van der Waals surface area contributed by atoms with E-state index in [0.717, 1.165) is 50.9 Å². The smallest absolute Gasteiger partial charge is 0.266 e. The van der Waals surface area contributed by atoms with Gasteiger partial charge in [-0.3, -0.25) is 9.62 Å². The first-order valence-corrected chi connectivity index (χ1v) is 11.0. The van der Waals surface area contributed by atoms with Crippen molar-refractivity contribution < 1.29 is 12.8 Å². The molecule has 1 aromatic carbocycles. The number of hydrogen-bond acceptors (Lipinski definition) is 6. The Bertz CT molecular complexity index is 963. The van der Waals surface area contributed by atoms with Gasteiger partial charge in [0.05, 0.1) is 10.7 Å². The molecular formula is C18H21ClFN5O2S. The number of anilines is 2. The van der Waals surface area contributed by atoms with E-state index in [4.69, 9.17) is 11.6 Å². The van der Waals surface area contributed by atoms with Gasteiger partial charge < -0.3 is 5.32 Å². The highest BCUT2D eigenvalue weighted by Crippen LogP contribution is 2.39. The summed E-state index contributed by atoms with van der Waals surface area (Å²) < 4.78 is 41.8. The lowest BCUT2D eigenvalue weighted by atomic mass is 9.94. The van der Waals surface area contributed by atoms with Gasteiger partial charge in [0.25, 0.3) is 10.0 Å². The summed E-state index contributed by atoms with van der Waals surface area (Å²) in [6, 6.07) is 5.21. The summed E-state index contributed by atoms with van der Waals surface area (Å²) in [5.74, 6) is -0.877. The second-order valence-corrected chi connectivity index (χ2v) is 9.31. The average Bonchev–Trinajstić information content (AvgIpc) is 3.22. The molecule has 2 fully saturated rings. The van der Waals surface area contributed by atoms with E-state index in [1.165, 1.54) is 18.3 Å². The molecule has 28 heavy (non-hydrogen) atoms. The van der Waals surface area contributed by atoms with Gasteiger partial charge in [0.1, 0.15) is 10.7 Å². The Hall–Kier alpha value is -1.97. The molecule has 2 saturated heterocycles. The maximum absolute atomic E-state index is 14.6. The Kier molecular flexibility index (Phi) is 5.15. The van der Waals surface area contributed by atoms with Gasteiger partial charge in [-0.1, -0.05) is 11.6 Å². The average molecular weight is 426 g/mol. The van der Waals surface area contributed by atoms with Gasteiger partial charge >= 0.3 is 0 Å². The van der Waals surface area contributed by atoms with Crippen molar-refractivity contribution in [2.75, 3.05) is 29.7 Å². The third-order valence-electron chi connectivity index (χ3n) is 5.54. The molecule has 0 amide bonds. The van der Waals surface area contributed by atoms with Crippen LogP contribution in [0.4, 0.5) is 15.9 Å². The number of hydrogen-bond donors (Lipinski definition) is 2. The summed E-state index contributed by atoms with van der Waals surface area (Å²) in [4.78, 5) is 1.95. The Morgan fingerprint density at radius 2 is 2.00 bits per heavy atom. The first kappa shape index (κ1) is 19.4. The quantitative estimate of drug-likeness (QED) is 0.739. The zero-order chi connectivity index (χ0) is 19.8. The summed E-state index contributed by atoms with van der Waals surface area (Å²) >= 11 is 6.27. The van der Waals surface area contributed by atoms with E-state index in [2.05, 4.69) is 25.1 Å². The fourth-order valence-corrected chi connectivity index (χ4v) is 5.57. The standard InChI is InChI=1S/C18H21ClFN5O2S/c19-13-10-16(28(26,27)24-17-4-1-7-22-23-17)14(20)11-15(13)21-12-18-5-2-8-25(18)9-3-6-18/h1,4,7,10-11,21H,2-3,5-6,8-9,12H2,(H,23,24). The number of benzene rings is 1. The van der Waals surface area contributed by atoms with Crippen molar-refractivity contribution in [3.8, 4) is 0 Å². The SMILES string of the molecule is O=S(=O)(Nc1cccnn1)c1cc(Cl)c(NCC23CCCN2CCC3)cc1F. The number of nitrogens with one attached hydrogen (secondary N) is 2. The van der Waals surface area contributed by atoms with E-state index in [-0.39, 0.29) is 16.4 Å². The number of fused-ring (bicyclic) bond motifs is 1. The predicted molar refractivity (Wildman–Crippen MR) is 106 cm³/mol. The Morgan fingerprint density at radius 1 is 1.25 bits per heavy atom. The molecule has 3 heterocycles. The molecule has 10 heteroatoms. The minimum Gasteiger partial charge on any atom is -0.382 e. The van der Waals surface area contributed by atoms with E-state index in [9.17, 15) is 12.8 Å². The molecule has 2 aromatic rings. The fourth-order valence-electron chi connectivity index (χ4n) is 4.19. The van der Waals surface area contributed by atoms with E-state index in [0.29, 0.717) is 12.2 Å². The second-order valence-electron chi connectivity index (χ2n) is 7.25. The highest BCUT2D eigenvalue weighted by Gasteiger charge is 2.43. The van der Waals surface area contributed by atoms with Gasteiger partial charge in [-0.25, -0.2) is 12.8 Å². The number of sulfonamides is 1. The number of halogens is 2. The second kappa shape index (κ2) is 7.46. The van der Waals surface area contributed by atoms with Crippen LogP contribution in [0, 0.1) is 5.82 Å². The zero-order valence-corrected chi connectivity index (χ0v) is 16.7. The molecular weight excluding hydrogens is 405 g/mol. The van der Waals surface area contributed by atoms with Crippen molar-refractivity contribution in [1.29, 1.82) is 0 Å². The van der Waals surface area contributed by atoms with Crippen molar-refractivity contribution in [1.82, 2.24) is 15.1 Å². The first-order valence-electron chi connectivity index (χ1n) is 9.18. The fraction of sp³-hybridized carbons (Fsp3) is 0.444. The van der Waals surface area contributed by atoms with Crippen LogP contribution in [0.25, 0.3) is 0 Å². The Morgan fingerprint density at radius 3 is 2.68 bits per heavy atom. The lowest BCUT2D eigenvalue weighted by Gasteiger charge is -2.32. The van der Waals surface area contributed by atoms with Crippen molar-refractivity contribution in [2.24, 2.45) is 0 Å². The molecule has 1 aromatic heterocycles. The maximum Gasteiger partial charge on any atom is 0.266 e. The topological polar surface area (TPSA) is 87.2 Å². The van der Waals surface area contributed by atoms with E-state index in [1.807, 2.05) is 0 Å². The monoisotopic (exact) mass is 425 g/mol. The zero-order valence-electron chi connectivity index (χ0n) is 15.2. The third kappa shape index (κ3) is 3.66. The van der Waals surface area contributed by atoms with Gasteiger partial charge in [-0.2, -0.15) is 5.10 Å². The summed E-state index contributed by atoms with van der Waals surface area (Å²) in [5, 5.41) is 10.6. The summed E-state index contributed by atoms with van der Waals surface area (Å²) in [6.07, 6.45) is 5.94. The molecule has 2 N–H and O–H groups in total. The van der Waals surface area contributed by atoms with Gasteiger partial charge in [0.15, 0.2) is 5.82 Å². The minimum absolute atomic E-state index is 0.00174. The third-order valence-corrected chi connectivity index (χ3v) is 7.22. The van der Waals surface area contributed by atoms with Crippen molar-refractivity contribution in [3.05, 3.63) is 41.3 Å². The van der Waals surface area contributed by atoms with Crippen LogP contribution in [0.1, 0.15) is 25.7 Å². The molecule has 2 aliphatic rings. The molecule has 0 saturated carbocycles. The number of aromatic nitrogens is 2. The molecule has 0 bridgehead atoms. The van der Waals surface area contributed by atoms with Crippen LogP contribution < -0.4 is 10.0 Å². The Balaban J connectivity index is 1.53. The first-order chi connectivity index (χ1) is 13.4. The van der Waals surface area contributed by atoms with E-state index >= 15 is 0 Å². The minimum atomic E-state index is -4.18. The van der Waals surface area contributed by atoms with Crippen molar-refractivity contribution >= 4 is 33.1 Å². The van der Waals surface area contributed by atoms with Crippen LogP contribution >= 0.6 is 11.6 Å². The van der Waals surface area contributed by atoms with Crippen LogP contribution in [-0.4, -0.2) is 48.7 Å². The molecule has 0 spiro atoms. The largest absolute Gasteiger partial charge is 0.382 e. The highest BCUT2D eigenvalue weighted by atomic mass is 35.5. The summed E-state index contributed by atoms with van der Waals surface area (Å²) in [5.41, 5.74) is 0.490. The van der Waals surface area contributed by atoms with Crippen LogP contribution in [0.2, 0.25) is 5.02 Å². The van der Waals surface area contributed by atoms with Crippen LogP contribution in [0.3, 0.4) is 0 Å². The van der Waals surface area contributed by atoms with Crippen LogP contribution in [0.15, 0.2) is 35.4 Å². The van der Waals surface area contributed by atoms with Gasteiger partial charge in [0.2, 0.25) is 0 Å². The van der Waals surface area contributed by atoms with Crippen LogP contribution in [0.5, 0.6) is 0 Å². The summed E-state index contributed by atoms with van der Waals surface area (Å²) in [6.45, 7) is 2.85.